The van der Waals surface area contributed by atoms with Gasteiger partial charge >= 0.3 is 5.76 Å². The van der Waals surface area contributed by atoms with Gasteiger partial charge in [-0.3, -0.25) is 9.51 Å². The molecule has 1 N–H and O–H groups in total. The van der Waals surface area contributed by atoms with Crippen LogP contribution in [0.1, 0.15) is 71.6 Å². The lowest BCUT2D eigenvalue weighted by Crippen LogP contribution is -2.11. The third kappa shape index (κ3) is 3.53. The predicted molar refractivity (Wildman–Crippen MR) is 125 cm³/mol. The quantitative estimate of drug-likeness (QED) is 0.415. The van der Waals surface area contributed by atoms with E-state index in [9.17, 15) is 4.79 Å². The SMILES string of the molecule is CCCC(c1noc(=O)[nH]1)c1c(C)nc2sc3c(c2c1-c1ccc(C)cc1)CCCC3. The summed E-state index contributed by atoms with van der Waals surface area (Å²) in [6.45, 7) is 6.36. The first kappa shape index (κ1) is 20.2. The van der Waals surface area contributed by atoms with Crippen molar-refractivity contribution in [3.63, 3.8) is 0 Å². The number of benzene rings is 1. The fourth-order valence-corrected chi connectivity index (χ4v) is 6.28. The summed E-state index contributed by atoms with van der Waals surface area (Å²) in [7, 11) is 0. The molecule has 6 heteroatoms. The molecule has 0 amide bonds. The summed E-state index contributed by atoms with van der Waals surface area (Å²) in [4.78, 5) is 22.3. The molecule has 0 saturated carbocycles. The van der Waals surface area contributed by atoms with E-state index in [4.69, 9.17) is 9.51 Å². The molecule has 0 aliphatic heterocycles. The third-order valence-corrected chi connectivity index (χ3v) is 7.57. The Balaban J connectivity index is 1.86. The summed E-state index contributed by atoms with van der Waals surface area (Å²) in [5.41, 5.74) is 7.33. The highest BCUT2D eigenvalue weighted by atomic mass is 32.1. The first-order valence-electron chi connectivity index (χ1n) is 11.1. The molecule has 160 valence electrons. The molecule has 1 aliphatic carbocycles. The molecule has 5 nitrogen and oxygen atoms in total. The Kier molecular flexibility index (Phi) is 5.26. The number of thiophene rings is 1. The van der Waals surface area contributed by atoms with Gasteiger partial charge in [0.15, 0.2) is 5.82 Å². The molecule has 0 saturated heterocycles. The first-order valence-corrected chi connectivity index (χ1v) is 12.0. The van der Waals surface area contributed by atoms with Crippen molar-refractivity contribution in [1.29, 1.82) is 0 Å². The van der Waals surface area contributed by atoms with Gasteiger partial charge in [-0.05, 0) is 68.2 Å². The second kappa shape index (κ2) is 8.08. The van der Waals surface area contributed by atoms with Crippen molar-refractivity contribution in [1.82, 2.24) is 15.1 Å². The largest absolute Gasteiger partial charge is 0.438 e. The van der Waals surface area contributed by atoms with E-state index in [0.717, 1.165) is 41.8 Å². The van der Waals surface area contributed by atoms with Gasteiger partial charge in [0.05, 0.1) is 0 Å². The summed E-state index contributed by atoms with van der Waals surface area (Å²) in [6.07, 6.45) is 6.56. The number of hydrogen-bond donors (Lipinski definition) is 1. The third-order valence-electron chi connectivity index (χ3n) is 6.38. The Morgan fingerprint density at radius 2 is 1.94 bits per heavy atom. The van der Waals surface area contributed by atoms with Crippen LogP contribution < -0.4 is 5.76 Å². The fraction of sp³-hybridized carbons (Fsp3) is 0.400. The smallest absolute Gasteiger partial charge is 0.296 e. The molecule has 4 aromatic rings. The average Bonchev–Trinajstić information content (AvgIpc) is 3.35. The minimum Gasteiger partial charge on any atom is -0.296 e. The molecular formula is C25H27N3O2S. The van der Waals surface area contributed by atoms with Crippen LogP contribution in [-0.2, 0) is 12.8 Å². The van der Waals surface area contributed by atoms with Crippen molar-refractivity contribution in [3.8, 4) is 11.1 Å². The van der Waals surface area contributed by atoms with Crippen molar-refractivity contribution in [2.75, 3.05) is 0 Å². The van der Waals surface area contributed by atoms with Gasteiger partial charge < -0.3 is 0 Å². The van der Waals surface area contributed by atoms with Crippen LogP contribution in [-0.4, -0.2) is 15.1 Å². The number of aromatic nitrogens is 3. The van der Waals surface area contributed by atoms with Gasteiger partial charge in [0.1, 0.15) is 4.83 Å². The molecule has 0 spiro atoms. The number of nitrogens with zero attached hydrogens (tertiary/aromatic N) is 2. The van der Waals surface area contributed by atoms with Gasteiger partial charge in [-0.1, -0.05) is 48.3 Å². The highest BCUT2D eigenvalue weighted by molar-refractivity contribution is 7.19. The van der Waals surface area contributed by atoms with Crippen molar-refractivity contribution >= 4 is 21.6 Å². The molecule has 0 bridgehead atoms. The molecule has 1 unspecified atom stereocenters. The maximum absolute atomic E-state index is 11.8. The minimum absolute atomic E-state index is 0.0659. The monoisotopic (exact) mass is 433 g/mol. The van der Waals surface area contributed by atoms with Crippen LogP contribution in [0, 0.1) is 13.8 Å². The highest BCUT2D eigenvalue weighted by Crippen LogP contribution is 2.46. The van der Waals surface area contributed by atoms with Crippen molar-refractivity contribution in [2.45, 2.75) is 65.2 Å². The van der Waals surface area contributed by atoms with Crippen molar-refractivity contribution in [2.24, 2.45) is 0 Å². The van der Waals surface area contributed by atoms with Crippen LogP contribution in [0.4, 0.5) is 0 Å². The summed E-state index contributed by atoms with van der Waals surface area (Å²) in [5.74, 6) is 0.0185. The van der Waals surface area contributed by atoms with Gasteiger partial charge in [-0.2, -0.15) is 0 Å². The first-order chi connectivity index (χ1) is 15.1. The van der Waals surface area contributed by atoms with Gasteiger partial charge in [0.2, 0.25) is 0 Å². The normalized spacial score (nSPS) is 14.7. The molecule has 5 rings (SSSR count). The van der Waals surface area contributed by atoms with Gasteiger partial charge in [-0.25, -0.2) is 9.78 Å². The number of nitrogens with one attached hydrogen (secondary N) is 1. The maximum Gasteiger partial charge on any atom is 0.438 e. The van der Waals surface area contributed by atoms with Gasteiger partial charge in [-0.15, -0.1) is 11.3 Å². The van der Waals surface area contributed by atoms with Crippen LogP contribution in [0.5, 0.6) is 0 Å². The summed E-state index contributed by atoms with van der Waals surface area (Å²) in [6, 6.07) is 8.78. The zero-order valence-corrected chi connectivity index (χ0v) is 19.1. The number of aryl methyl sites for hydroxylation is 4. The number of hydrogen-bond acceptors (Lipinski definition) is 5. The predicted octanol–water partition coefficient (Wildman–Crippen LogP) is 6.07. The minimum atomic E-state index is -0.507. The van der Waals surface area contributed by atoms with E-state index in [2.05, 4.69) is 55.2 Å². The van der Waals surface area contributed by atoms with Gasteiger partial charge in [0, 0.05) is 21.9 Å². The van der Waals surface area contributed by atoms with E-state index in [1.54, 1.807) is 0 Å². The molecule has 31 heavy (non-hydrogen) atoms. The zero-order valence-electron chi connectivity index (χ0n) is 18.2. The maximum atomic E-state index is 11.8. The standard InChI is InChI=1S/C25H27N3O2S/c1-4-7-18(23-27-25(29)30-28-23)20-15(3)26-24-22(17-8-5-6-9-19(17)31-24)21(20)16-12-10-14(2)11-13-16/h10-13,18H,4-9H2,1-3H3,(H,27,28,29). The number of pyridine rings is 1. The zero-order chi connectivity index (χ0) is 21.5. The van der Waals surface area contributed by atoms with Crippen molar-refractivity contribution < 1.29 is 4.52 Å². The average molecular weight is 434 g/mol. The summed E-state index contributed by atoms with van der Waals surface area (Å²) >= 11 is 1.86. The van der Waals surface area contributed by atoms with Crippen LogP contribution in [0.3, 0.4) is 0 Å². The summed E-state index contributed by atoms with van der Waals surface area (Å²) in [5, 5.41) is 5.39. The second-order valence-electron chi connectivity index (χ2n) is 8.56. The van der Waals surface area contributed by atoms with Crippen molar-refractivity contribution in [3.05, 3.63) is 67.9 Å². The topological polar surface area (TPSA) is 71.8 Å². The lowest BCUT2D eigenvalue weighted by molar-refractivity contribution is 0.378. The molecule has 1 atom stereocenters. The molecule has 3 aromatic heterocycles. The van der Waals surface area contributed by atoms with E-state index in [1.165, 1.54) is 45.4 Å². The molecular weight excluding hydrogens is 406 g/mol. The van der Waals surface area contributed by atoms with Gasteiger partial charge in [0.25, 0.3) is 0 Å². The van der Waals surface area contributed by atoms with E-state index in [-0.39, 0.29) is 5.92 Å². The Labute approximate surface area is 185 Å². The van der Waals surface area contributed by atoms with Crippen LogP contribution in [0.25, 0.3) is 21.3 Å². The Hall–Kier alpha value is -2.73. The molecule has 1 aliphatic rings. The fourth-order valence-electron chi connectivity index (χ4n) is 4.96. The van der Waals surface area contributed by atoms with E-state index in [1.807, 2.05) is 11.3 Å². The highest BCUT2D eigenvalue weighted by Gasteiger charge is 2.29. The Morgan fingerprint density at radius 1 is 1.16 bits per heavy atom. The number of H-pyrrole nitrogens is 1. The lowest BCUT2D eigenvalue weighted by Gasteiger charge is -2.22. The second-order valence-corrected chi connectivity index (χ2v) is 9.65. The van der Waals surface area contributed by atoms with E-state index < -0.39 is 5.76 Å². The van der Waals surface area contributed by atoms with Crippen LogP contribution >= 0.6 is 11.3 Å². The molecule has 0 fully saturated rings. The Morgan fingerprint density at radius 3 is 2.65 bits per heavy atom. The Bertz CT molecular complexity index is 1300. The van der Waals surface area contributed by atoms with Crippen LogP contribution in [0.2, 0.25) is 0 Å². The van der Waals surface area contributed by atoms with Crippen LogP contribution in [0.15, 0.2) is 33.6 Å². The molecule has 3 heterocycles. The number of fused-ring (bicyclic) bond motifs is 3. The number of rotatable bonds is 5. The molecule has 1 aromatic carbocycles. The molecule has 0 radical (unpaired) electrons. The van der Waals surface area contributed by atoms with E-state index in [0.29, 0.717) is 5.82 Å². The lowest BCUT2D eigenvalue weighted by atomic mass is 9.83. The number of aromatic amines is 1. The van der Waals surface area contributed by atoms with E-state index >= 15 is 0 Å². The summed E-state index contributed by atoms with van der Waals surface area (Å²) < 4.78 is 4.90.